The molecule has 0 amide bonds. The van der Waals surface area contributed by atoms with Crippen molar-refractivity contribution in [2.75, 3.05) is 13.1 Å². The number of nitrogens with zero attached hydrogens (tertiary/aromatic N) is 1. The van der Waals surface area contributed by atoms with Crippen molar-refractivity contribution >= 4 is 16.0 Å². The van der Waals surface area contributed by atoms with Crippen LogP contribution >= 0.6 is 0 Å². The fraction of sp³-hybridized carbons (Fsp3) is 0.533. The van der Waals surface area contributed by atoms with Gasteiger partial charge in [0, 0.05) is 13.1 Å². The first kappa shape index (κ1) is 17.7. The van der Waals surface area contributed by atoms with E-state index in [-0.39, 0.29) is 11.3 Å². The van der Waals surface area contributed by atoms with Crippen molar-refractivity contribution < 1.29 is 18.3 Å². The summed E-state index contributed by atoms with van der Waals surface area (Å²) in [5, 5.41) is 9.02. The SMILES string of the molecule is CCN(CC)S(=O)(=O)c1c(C)cc(C)c(CC(=O)O)c1C. The average molecular weight is 313 g/mol. The van der Waals surface area contributed by atoms with E-state index in [4.69, 9.17) is 5.11 Å². The van der Waals surface area contributed by atoms with Crippen LogP contribution in [-0.2, 0) is 21.2 Å². The molecule has 1 aromatic rings. The monoisotopic (exact) mass is 313 g/mol. The average Bonchev–Trinajstić information content (AvgIpc) is 2.34. The van der Waals surface area contributed by atoms with E-state index in [2.05, 4.69) is 0 Å². The van der Waals surface area contributed by atoms with Crippen LogP contribution in [0.4, 0.5) is 0 Å². The number of hydrogen-bond donors (Lipinski definition) is 1. The molecule has 118 valence electrons. The summed E-state index contributed by atoms with van der Waals surface area (Å²) in [5.41, 5.74) is 2.59. The van der Waals surface area contributed by atoms with E-state index in [1.807, 2.05) is 6.92 Å². The fourth-order valence-electron chi connectivity index (χ4n) is 2.72. The Balaban J connectivity index is 3.60. The minimum atomic E-state index is -3.60. The van der Waals surface area contributed by atoms with Crippen molar-refractivity contribution in [2.24, 2.45) is 0 Å². The lowest BCUT2D eigenvalue weighted by Crippen LogP contribution is -2.32. The Morgan fingerprint density at radius 2 is 1.67 bits per heavy atom. The molecule has 0 unspecified atom stereocenters. The molecule has 0 saturated heterocycles. The Labute approximate surface area is 126 Å². The van der Waals surface area contributed by atoms with E-state index >= 15 is 0 Å². The van der Waals surface area contributed by atoms with Gasteiger partial charge in [-0.05, 0) is 43.0 Å². The number of carboxylic acid groups (broad SMARTS) is 1. The molecular formula is C15H23NO4S. The summed E-state index contributed by atoms with van der Waals surface area (Å²) in [6, 6.07) is 1.75. The zero-order valence-corrected chi connectivity index (χ0v) is 14.0. The zero-order chi connectivity index (χ0) is 16.4. The molecular weight excluding hydrogens is 290 g/mol. The van der Waals surface area contributed by atoms with E-state index in [0.717, 1.165) is 5.56 Å². The summed E-state index contributed by atoms with van der Waals surface area (Å²) in [6.45, 7) is 9.61. The van der Waals surface area contributed by atoms with Crippen LogP contribution in [0, 0.1) is 20.8 Å². The van der Waals surface area contributed by atoms with Gasteiger partial charge in [-0.15, -0.1) is 0 Å². The van der Waals surface area contributed by atoms with Gasteiger partial charge in [0.05, 0.1) is 11.3 Å². The molecule has 0 aliphatic carbocycles. The number of carboxylic acids is 1. The molecule has 0 fully saturated rings. The van der Waals surface area contributed by atoms with Gasteiger partial charge < -0.3 is 5.11 Å². The van der Waals surface area contributed by atoms with Gasteiger partial charge in [0.1, 0.15) is 0 Å². The maximum absolute atomic E-state index is 12.8. The second-order valence-electron chi connectivity index (χ2n) is 5.10. The maximum Gasteiger partial charge on any atom is 0.307 e. The van der Waals surface area contributed by atoms with Crippen LogP contribution < -0.4 is 0 Å². The zero-order valence-electron chi connectivity index (χ0n) is 13.2. The van der Waals surface area contributed by atoms with Crippen molar-refractivity contribution in [2.45, 2.75) is 45.9 Å². The summed E-state index contributed by atoms with van der Waals surface area (Å²) < 4.78 is 26.9. The van der Waals surface area contributed by atoms with E-state index in [1.54, 1.807) is 33.8 Å². The van der Waals surface area contributed by atoms with Crippen LogP contribution in [0.2, 0.25) is 0 Å². The van der Waals surface area contributed by atoms with Crippen LogP contribution in [0.1, 0.15) is 36.1 Å². The van der Waals surface area contributed by atoms with Gasteiger partial charge in [0.25, 0.3) is 0 Å². The highest BCUT2D eigenvalue weighted by Crippen LogP contribution is 2.29. The summed E-state index contributed by atoms with van der Waals surface area (Å²) in [5.74, 6) is -0.962. The van der Waals surface area contributed by atoms with Crippen molar-refractivity contribution in [1.82, 2.24) is 4.31 Å². The predicted octanol–water partition coefficient (Wildman–Crippen LogP) is 2.27. The van der Waals surface area contributed by atoms with Gasteiger partial charge in [0.15, 0.2) is 0 Å². The number of benzene rings is 1. The number of aryl methyl sites for hydroxylation is 2. The molecule has 1 rings (SSSR count). The highest BCUT2D eigenvalue weighted by molar-refractivity contribution is 7.89. The van der Waals surface area contributed by atoms with Gasteiger partial charge in [-0.3, -0.25) is 4.79 Å². The highest BCUT2D eigenvalue weighted by Gasteiger charge is 2.27. The highest BCUT2D eigenvalue weighted by atomic mass is 32.2. The lowest BCUT2D eigenvalue weighted by molar-refractivity contribution is -0.136. The minimum Gasteiger partial charge on any atom is -0.481 e. The molecule has 0 aromatic heterocycles. The number of rotatable bonds is 6. The van der Waals surface area contributed by atoms with Gasteiger partial charge in [-0.1, -0.05) is 19.9 Å². The molecule has 0 aliphatic heterocycles. The van der Waals surface area contributed by atoms with Gasteiger partial charge in [-0.25, -0.2) is 8.42 Å². The second kappa shape index (κ2) is 6.58. The van der Waals surface area contributed by atoms with Crippen LogP contribution in [0.5, 0.6) is 0 Å². The first-order chi connectivity index (χ1) is 9.66. The van der Waals surface area contributed by atoms with Gasteiger partial charge in [-0.2, -0.15) is 4.31 Å². The molecule has 1 N–H and O–H groups in total. The van der Waals surface area contributed by atoms with Crippen LogP contribution in [-0.4, -0.2) is 36.9 Å². The molecule has 21 heavy (non-hydrogen) atoms. The predicted molar refractivity (Wildman–Crippen MR) is 82.1 cm³/mol. The topological polar surface area (TPSA) is 74.7 Å². The van der Waals surface area contributed by atoms with Crippen molar-refractivity contribution in [1.29, 1.82) is 0 Å². The minimum absolute atomic E-state index is 0.168. The first-order valence-electron chi connectivity index (χ1n) is 6.98. The number of sulfonamides is 1. The Bertz CT molecular complexity index is 646. The summed E-state index contributed by atoms with van der Waals surface area (Å²) in [4.78, 5) is 11.2. The number of carbonyl (C=O) groups is 1. The fourth-order valence-corrected chi connectivity index (χ4v) is 4.63. The smallest absolute Gasteiger partial charge is 0.307 e. The van der Waals surface area contributed by atoms with Gasteiger partial charge >= 0.3 is 5.97 Å². The van der Waals surface area contributed by atoms with E-state index < -0.39 is 16.0 Å². The quantitative estimate of drug-likeness (QED) is 0.874. The third-order valence-electron chi connectivity index (χ3n) is 3.69. The van der Waals surface area contributed by atoms with E-state index in [1.165, 1.54) is 4.31 Å². The van der Waals surface area contributed by atoms with Crippen molar-refractivity contribution in [3.8, 4) is 0 Å². The summed E-state index contributed by atoms with van der Waals surface area (Å²) >= 11 is 0. The lowest BCUT2D eigenvalue weighted by atomic mass is 9.97. The normalized spacial score (nSPS) is 11.9. The van der Waals surface area contributed by atoms with Gasteiger partial charge in [0.2, 0.25) is 10.0 Å². The van der Waals surface area contributed by atoms with E-state index in [0.29, 0.717) is 29.8 Å². The standard InChI is InChI=1S/C15H23NO4S/c1-6-16(7-2)21(19,20)15-11(4)8-10(3)13(12(15)5)9-14(17)18/h8H,6-7,9H2,1-5H3,(H,17,18). The van der Waals surface area contributed by atoms with Crippen molar-refractivity contribution in [3.63, 3.8) is 0 Å². The Morgan fingerprint density at radius 3 is 2.10 bits per heavy atom. The molecule has 0 aliphatic rings. The van der Waals surface area contributed by atoms with Crippen molar-refractivity contribution in [3.05, 3.63) is 28.3 Å². The first-order valence-corrected chi connectivity index (χ1v) is 8.42. The summed E-state index contributed by atoms with van der Waals surface area (Å²) in [6.07, 6.45) is -0.168. The molecule has 5 nitrogen and oxygen atoms in total. The third-order valence-corrected chi connectivity index (χ3v) is 6.03. The maximum atomic E-state index is 12.8. The lowest BCUT2D eigenvalue weighted by Gasteiger charge is -2.23. The number of hydrogen-bond acceptors (Lipinski definition) is 3. The Hall–Kier alpha value is -1.40. The Morgan fingerprint density at radius 1 is 1.14 bits per heavy atom. The Kier molecular flexibility index (Phi) is 5.53. The molecule has 0 spiro atoms. The van der Waals surface area contributed by atoms with Crippen LogP contribution in [0.15, 0.2) is 11.0 Å². The number of aliphatic carboxylic acids is 1. The third kappa shape index (κ3) is 3.44. The van der Waals surface area contributed by atoms with Crippen LogP contribution in [0.25, 0.3) is 0 Å². The van der Waals surface area contributed by atoms with E-state index in [9.17, 15) is 13.2 Å². The molecule has 0 radical (unpaired) electrons. The van der Waals surface area contributed by atoms with Crippen LogP contribution in [0.3, 0.4) is 0 Å². The molecule has 0 atom stereocenters. The summed E-state index contributed by atoms with van der Waals surface area (Å²) in [7, 11) is -3.60. The molecule has 0 saturated carbocycles. The molecule has 0 heterocycles. The molecule has 6 heteroatoms. The largest absolute Gasteiger partial charge is 0.481 e. The molecule has 0 bridgehead atoms. The molecule has 1 aromatic carbocycles. The second-order valence-corrected chi connectivity index (χ2v) is 6.98.